The van der Waals surface area contributed by atoms with Crippen molar-refractivity contribution in [3.05, 3.63) is 59.7 Å². The lowest BCUT2D eigenvalue weighted by Gasteiger charge is -2.32. The number of rotatable bonds is 6. The van der Waals surface area contributed by atoms with Crippen LogP contribution in [0.15, 0.2) is 74.1 Å². The van der Waals surface area contributed by atoms with Crippen LogP contribution in [0, 0.1) is 0 Å². The van der Waals surface area contributed by atoms with Crippen LogP contribution in [0.25, 0.3) is 0 Å². The Hall–Kier alpha value is -3.78. The lowest BCUT2D eigenvalue weighted by Crippen LogP contribution is -2.37. The Morgan fingerprint density at radius 3 is 2.04 bits per heavy atom. The van der Waals surface area contributed by atoms with Crippen LogP contribution in [-0.2, 0) is 24.8 Å². The molecule has 0 spiro atoms. The van der Waals surface area contributed by atoms with Crippen LogP contribution in [0.1, 0.15) is 5.56 Å². The molecule has 0 amide bonds. The van der Waals surface area contributed by atoms with Gasteiger partial charge in [0.2, 0.25) is 30.0 Å². The maximum atomic E-state index is 11.1. The van der Waals surface area contributed by atoms with Gasteiger partial charge in [-0.15, -0.1) is 0 Å². The summed E-state index contributed by atoms with van der Waals surface area (Å²) in [6.45, 7) is 0. The zero-order chi connectivity index (χ0) is 18.1. The fraction of sp³-hybridized carbons (Fsp3) is 0.176. The number of allylic oxidation sites excluding steroid dienone is 2. The number of hydrogen-bond donors (Lipinski definition) is 0. The topological polar surface area (TPSA) is 118 Å². The van der Waals surface area contributed by atoms with Crippen LogP contribution in [0.2, 0.25) is 0 Å². The minimum absolute atomic E-state index is 0.167. The monoisotopic (exact) mass is 334 g/mol. The normalized spacial score (nSPS) is 20.4. The standard InChI is InChI=1S/C17H10N4O4/c22-9-18-15-8-4-7-14(16(15)19-10-23)17(20-11-24,21-12-25)13-5-2-1-3-6-13/h1-8,15-16H. The molecule has 0 bridgehead atoms. The van der Waals surface area contributed by atoms with Crippen molar-refractivity contribution >= 4 is 24.3 Å². The first kappa shape index (κ1) is 17.6. The van der Waals surface area contributed by atoms with E-state index in [2.05, 4.69) is 20.0 Å². The van der Waals surface area contributed by atoms with E-state index in [4.69, 9.17) is 0 Å². The smallest absolute Gasteiger partial charge is 0.211 e. The molecule has 0 N–H and O–H groups in total. The molecule has 25 heavy (non-hydrogen) atoms. The van der Waals surface area contributed by atoms with Gasteiger partial charge in [0.25, 0.3) is 0 Å². The number of hydrogen-bond acceptors (Lipinski definition) is 8. The van der Waals surface area contributed by atoms with Crippen molar-refractivity contribution in [2.45, 2.75) is 17.7 Å². The minimum atomic E-state index is -1.84. The average Bonchev–Trinajstić information content (AvgIpc) is 2.64. The summed E-state index contributed by atoms with van der Waals surface area (Å²) < 4.78 is 0. The highest BCUT2D eigenvalue weighted by atomic mass is 16.1. The molecule has 0 heterocycles. The zero-order valence-electron chi connectivity index (χ0n) is 12.7. The molecule has 1 aliphatic carbocycles. The number of isocyanates is 4. The zero-order valence-corrected chi connectivity index (χ0v) is 12.7. The molecule has 0 saturated carbocycles. The minimum Gasteiger partial charge on any atom is -0.211 e. The number of nitrogens with zero attached hydrogens (tertiary/aromatic N) is 4. The maximum absolute atomic E-state index is 11.1. The lowest BCUT2D eigenvalue weighted by molar-refractivity contribution is 0.468. The third kappa shape index (κ3) is 3.43. The van der Waals surface area contributed by atoms with Crippen LogP contribution < -0.4 is 0 Å². The highest BCUT2D eigenvalue weighted by Gasteiger charge is 2.43. The molecule has 1 aliphatic rings. The summed E-state index contributed by atoms with van der Waals surface area (Å²) in [7, 11) is 0. The molecular weight excluding hydrogens is 324 g/mol. The Kier molecular flexibility index (Phi) is 5.75. The molecular formula is C17H10N4O4. The Morgan fingerprint density at radius 2 is 1.48 bits per heavy atom. The molecule has 2 atom stereocenters. The van der Waals surface area contributed by atoms with Gasteiger partial charge in [-0.1, -0.05) is 48.6 Å². The highest BCUT2D eigenvalue weighted by molar-refractivity contribution is 5.53. The van der Waals surface area contributed by atoms with E-state index in [-0.39, 0.29) is 5.57 Å². The van der Waals surface area contributed by atoms with Crippen LogP contribution in [0.5, 0.6) is 0 Å². The number of carbonyl (C=O) groups excluding carboxylic acids is 4. The summed E-state index contributed by atoms with van der Waals surface area (Å²) in [5.74, 6) is 0. The third-order valence-electron chi connectivity index (χ3n) is 3.61. The first-order chi connectivity index (χ1) is 12.2. The second-order valence-electron chi connectivity index (χ2n) is 4.83. The molecule has 0 radical (unpaired) electrons. The first-order valence-electron chi connectivity index (χ1n) is 7.00. The van der Waals surface area contributed by atoms with E-state index >= 15 is 0 Å². The summed E-state index contributed by atoms with van der Waals surface area (Å²) in [5.41, 5.74) is -1.32. The van der Waals surface area contributed by atoms with E-state index in [0.717, 1.165) is 0 Å². The summed E-state index contributed by atoms with van der Waals surface area (Å²) >= 11 is 0. The van der Waals surface area contributed by atoms with E-state index < -0.39 is 17.7 Å². The molecule has 122 valence electrons. The fourth-order valence-corrected chi connectivity index (χ4v) is 2.61. The molecule has 0 fully saturated rings. The average molecular weight is 334 g/mol. The van der Waals surface area contributed by atoms with E-state index in [1.54, 1.807) is 30.3 Å². The van der Waals surface area contributed by atoms with Crippen molar-refractivity contribution in [3.63, 3.8) is 0 Å². The van der Waals surface area contributed by atoms with E-state index in [0.29, 0.717) is 5.56 Å². The molecule has 0 aromatic heterocycles. The second kappa shape index (κ2) is 8.18. The Bertz CT molecular complexity index is 878. The molecule has 0 aliphatic heterocycles. The Labute approximate surface area is 141 Å². The van der Waals surface area contributed by atoms with Crippen molar-refractivity contribution in [2.75, 3.05) is 0 Å². The van der Waals surface area contributed by atoms with Crippen LogP contribution in [0.4, 0.5) is 0 Å². The Morgan fingerprint density at radius 1 is 0.840 bits per heavy atom. The predicted molar refractivity (Wildman–Crippen MR) is 85.4 cm³/mol. The van der Waals surface area contributed by atoms with Gasteiger partial charge >= 0.3 is 0 Å². The SMILES string of the molecule is O=C=NC1C=CC=C(C(N=C=O)(N=C=O)c2ccccc2)C1N=C=O. The number of benzene rings is 1. The van der Waals surface area contributed by atoms with Gasteiger partial charge < -0.3 is 0 Å². The van der Waals surface area contributed by atoms with Gasteiger partial charge in [-0.25, -0.2) is 19.2 Å². The quantitative estimate of drug-likeness (QED) is 0.577. The lowest BCUT2D eigenvalue weighted by atomic mass is 9.82. The second-order valence-corrected chi connectivity index (χ2v) is 4.83. The van der Waals surface area contributed by atoms with Crippen molar-refractivity contribution in [2.24, 2.45) is 20.0 Å². The summed E-state index contributed by atoms with van der Waals surface area (Å²) in [6, 6.07) is 6.26. The van der Waals surface area contributed by atoms with Crippen molar-refractivity contribution in [1.29, 1.82) is 0 Å². The maximum Gasteiger partial charge on any atom is 0.238 e. The molecule has 8 nitrogen and oxygen atoms in total. The Balaban J connectivity index is 2.79. The molecule has 0 saturated heterocycles. The van der Waals surface area contributed by atoms with Gasteiger partial charge in [-0.2, -0.15) is 20.0 Å². The first-order valence-corrected chi connectivity index (χ1v) is 7.00. The van der Waals surface area contributed by atoms with Gasteiger partial charge in [0.05, 0.1) is 0 Å². The largest absolute Gasteiger partial charge is 0.238 e. The third-order valence-corrected chi connectivity index (χ3v) is 3.61. The molecule has 8 heteroatoms. The van der Waals surface area contributed by atoms with Crippen molar-refractivity contribution in [1.82, 2.24) is 0 Å². The molecule has 1 aromatic rings. The van der Waals surface area contributed by atoms with Crippen LogP contribution >= 0.6 is 0 Å². The highest BCUT2D eigenvalue weighted by Crippen LogP contribution is 2.40. The molecule has 1 aromatic carbocycles. The van der Waals surface area contributed by atoms with Crippen LogP contribution in [-0.4, -0.2) is 36.4 Å². The van der Waals surface area contributed by atoms with E-state index in [1.807, 2.05) is 0 Å². The summed E-state index contributed by atoms with van der Waals surface area (Å²) in [5, 5.41) is 0. The van der Waals surface area contributed by atoms with Gasteiger partial charge in [0, 0.05) is 11.1 Å². The van der Waals surface area contributed by atoms with Crippen molar-refractivity contribution < 1.29 is 19.2 Å². The van der Waals surface area contributed by atoms with Gasteiger partial charge in [0.1, 0.15) is 12.1 Å². The molecule has 2 rings (SSSR count). The van der Waals surface area contributed by atoms with Gasteiger partial charge in [-0.3, -0.25) is 0 Å². The van der Waals surface area contributed by atoms with Gasteiger partial charge in [0.15, 0.2) is 0 Å². The summed E-state index contributed by atoms with van der Waals surface area (Å²) in [4.78, 5) is 58.2. The van der Waals surface area contributed by atoms with E-state index in [9.17, 15) is 19.2 Å². The summed E-state index contributed by atoms with van der Waals surface area (Å²) in [6.07, 6.45) is 10.1. The van der Waals surface area contributed by atoms with E-state index in [1.165, 1.54) is 42.5 Å². The van der Waals surface area contributed by atoms with Crippen molar-refractivity contribution in [3.8, 4) is 0 Å². The van der Waals surface area contributed by atoms with Crippen LogP contribution in [0.3, 0.4) is 0 Å². The van der Waals surface area contributed by atoms with Gasteiger partial charge in [-0.05, 0) is 0 Å². The fourth-order valence-electron chi connectivity index (χ4n) is 2.61. The number of aliphatic imine (C=N–C) groups is 4. The predicted octanol–water partition coefficient (Wildman–Crippen LogP) is 1.42. The molecule has 2 unspecified atom stereocenters.